The van der Waals surface area contributed by atoms with Crippen LogP contribution < -0.4 is 10.1 Å². The predicted octanol–water partition coefficient (Wildman–Crippen LogP) is 3.45. The Kier molecular flexibility index (Phi) is 6.90. The maximum absolute atomic E-state index is 12.6. The van der Waals surface area contributed by atoms with Crippen molar-refractivity contribution in [1.29, 1.82) is 0 Å². The number of rotatable bonds is 6. The van der Waals surface area contributed by atoms with Crippen LogP contribution in [-0.4, -0.2) is 42.6 Å². The second-order valence-electron chi connectivity index (χ2n) is 6.45. The van der Waals surface area contributed by atoms with E-state index in [1.54, 1.807) is 0 Å². The van der Waals surface area contributed by atoms with E-state index in [4.69, 9.17) is 4.74 Å². The molecule has 0 aliphatic carbocycles. The first-order chi connectivity index (χ1) is 11.0. The molecule has 1 heterocycles. The number of nitrogens with one attached hydrogen (secondary N) is 1. The van der Waals surface area contributed by atoms with Gasteiger partial charge in [0, 0.05) is 23.6 Å². The first kappa shape index (κ1) is 18.3. The maximum Gasteiger partial charge on any atom is 0.261 e. The van der Waals surface area contributed by atoms with Crippen molar-refractivity contribution in [2.45, 2.75) is 45.8 Å². The summed E-state index contributed by atoms with van der Waals surface area (Å²) >= 11 is 3.41. The van der Waals surface area contributed by atoms with Crippen molar-refractivity contribution < 1.29 is 9.53 Å². The standard InChI is InChI=1S/C18H27BrN2O2/c1-4-21-11-9-15(10-12-21)20-18(22)17(13(2)3)23-16-7-5-14(19)6-8-16/h5-8,13,15,17H,4,9-12H2,1-3H3,(H,20,22)/t17-/m0/s1. The predicted molar refractivity (Wildman–Crippen MR) is 96.7 cm³/mol. The summed E-state index contributed by atoms with van der Waals surface area (Å²) in [6.45, 7) is 9.41. The molecule has 23 heavy (non-hydrogen) atoms. The van der Waals surface area contributed by atoms with Crippen LogP contribution >= 0.6 is 15.9 Å². The molecule has 0 aromatic heterocycles. The van der Waals surface area contributed by atoms with Crippen molar-refractivity contribution >= 4 is 21.8 Å². The summed E-state index contributed by atoms with van der Waals surface area (Å²) in [5.74, 6) is 0.843. The number of carbonyl (C=O) groups is 1. The number of halogens is 1. The van der Waals surface area contributed by atoms with Crippen molar-refractivity contribution in [1.82, 2.24) is 10.2 Å². The van der Waals surface area contributed by atoms with Crippen LogP contribution in [0.15, 0.2) is 28.7 Å². The van der Waals surface area contributed by atoms with Gasteiger partial charge in [-0.2, -0.15) is 0 Å². The highest BCUT2D eigenvalue weighted by Gasteiger charge is 2.27. The number of likely N-dealkylation sites (tertiary alicyclic amines) is 1. The number of nitrogens with zero attached hydrogens (tertiary/aromatic N) is 1. The van der Waals surface area contributed by atoms with Gasteiger partial charge in [-0.05, 0) is 49.6 Å². The minimum Gasteiger partial charge on any atom is -0.480 e. The van der Waals surface area contributed by atoms with E-state index in [9.17, 15) is 4.79 Å². The minimum absolute atomic E-state index is 0.00197. The Morgan fingerprint density at radius 2 is 1.91 bits per heavy atom. The quantitative estimate of drug-likeness (QED) is 0.818. The van der Waals surface area contributed by atoms with E-state index < -0.39 is 6.10 Å². The number of amides is 1. The molecule has 1 aromatic rings. The SMILES string of the molecule is CCN1CCC(NC(=O)[C@@H](Oc2ccc(Br)cc2)C(C)C)CC1. The molecule has 1 aliphatic heterocycles. The summed E-state index contributed by atoms with van der Waals surface area (Å²) in [7, 11) is 0. The molecule has 1 atom stereocenters. The molecule has 5 heteroatoms. The second-order valence-corrected chi connectivity index (χ2v) is 7.37. The largest absolute Gasteiger partial charge is 0.480 e. The van der Waals surface area contributed by atoms with Gasteiger partial charge in [0.1, 0.15) is 5.75 Å². The third-order valence-corrected chi connectivity index (χ3v) is 4.85. The Morgan fingerprint density at radius 3 is 2.43 bits per heavy atom. The van der Waals surface area contributed by atoms with E-state index in [1.165, 1.54) is 0 Å². The lowest BCUT2D eigenvalue weighted by atomic mass is 10.0. The summed E-state index contributed by atoms with van der Waals surface area (Å²) in [5.41, 5.74) is 0. The van der Waals surface area contributed by atoms with Crippen LogP contribution in [0.25, 0.3) is 0 Å². The Morgan fingerprint density at radius 1 is 1.30 bits per heavy atom. The molecular formula is C18H27BrN2O2. The van der Waals surface area contributed by atoms with E-state index in [0.717, 1.165) is 42.7 Å². The van der Waals surface area contributed by atoms with E-state index >= 15 is 0 Å². The normalized spacial score (nSPS) is 18.0. The summed E-state index contributed by atoms with van der Waals surface area (Å²) in [6.07, 6.45) is 1.58. The first-order valence-electron chi connectivity index (χ1n) is 8.44. The maximum atomic E-state index is 12.6. The average Bonchev–Trinajstić information content (AvgIpc) is 2.54. The Bertz CT molecular complexity index is 496. The van der Waals surface area contributed by atoms with Gasteiger partial charge in [-0.1, -0.05) is 36.7 Å². The zero-order valence-electron chi connectivity index (χ0n) is 14.2. The second kappa shape index (κ2) is 8.69. The fourth-order valence-electron chi connectivity index (χ4n) is 2.83. The summed E-state index contributed by atoms with van der Waals surface area (Å²) in [6, 6.07) is 7.87. The van der Waals surface area contributed by atoms with Gasteiger partial charge in [0.25, 0.3) is 5.91 Å². The number of hydrogen-bond donors (Lipinski definition) is 1. The molecule has 128 valence electrons. The summed E-state index contributed by atoms with van der Waals surface area (Å²) in [4.78, 5) is 15.0. The van der Waals surface area contributed by atoms with Gasteiger partial charge < -0.3 is 15.0 Å². The molecule has 1 aliphatic rings. The molecule has 0 radical (unpaired) electrons. The lowest BCUT2D eigenvalue weighted by Gasteiger charge is -2.32. The van der Waals surface area contributed by atoms with E-state index in [1.807, 2.05) is 38.1 Å². The van der Waals surface area contributed by atoms with E-state index in [-0.39, 0.29) is 17.9 Å². The Labute approximate surface area is 147 Å². The fraction of sp³-hybridized carbons (Fsp3) is 0.611. The average molecular weight is 383 g/mol. The first-order valence-corrected chi connectivity index (χ1v) is 9.23. The van der Waals surface area contributed by atoms with Crippen molar-refractivity contribution in [2.75, 3.05) is 19.6 Å². The van der Waals surface area contributed by atoms with E-state index in [2.05, 4.69) is 33.1 Å². The monoisotopic (exact) mass is 382 g/mol. The van der Waals surface area contributed by atoms with Gasteiger partial charge in [0.2, 0.25) is 0 Å². The van der Waals surface area contributed by atoms with Crippen molar-refractivity contribution in [3.8, 4) is 5.75 Å². The van der Waals surface area contributed by atoms with Crippen LogP contribution in [0.1, 0.15) is 33.6 Å². The highest BCUT2D eigenvalue weighted by Crippen LogP contribution is 2.20. The number of benzene rings is 1. The van der Waals surface area contributed by atoms with Gasteiger partial charge in [-0.15, -0.1) is 0 Å². The van der Waals surface area contributed by atoms with E-state index in [0.29, 0.717) is 0 Å². The summed E-state index contributed by atoms with van der Waals surface area (Å²) < 4.78 is 6.93. The molecule has 1 aromatic carbocycles. The zero-order valence-corrected chi connectivity index (χ0v) is 15.8. The third-order valence-electron chi connectivity index (χ3n) is 4.32. The Hall–Kier alpha value is -1.07. The van der Waals surface area contributed by atoms with Crippen LogP contribution in [0.5, 0.6) is 5.75 Å². The smallest absolute Gasteiger partial charge is 0.261 e. The van der Waals surface area contributed by atoms with Crippen molar-refractivity contribution in [2.24, 2.45) is 5.92 Å². The molecular weight excluding hydrogens is 356 g/mol. The molecule has 1 saturated heterocycles. The molecule has 0 saturated carbocycles. The van der Waals surface area contributed by atoms with Crippen LogP contribution in [-0.2, 0) is 4.79 Å². The Balaban J connectivity index is 1.92. The summed E-state index contributed by atoms with van der Waals surface area (Å²) in [5, 5.41) is 3.18. The third kappa shape index (κ3) is 5.50. The van der Waals surface area contributed by atoms with Gasteiger partial charge in [-0.3, -0.25) is 4.79 Å². The van der Waals surface area contributed by atoms with Crippen LogP contribution in [0, 0.1) is 5.92 Å². The van der Waals surface area contributed by atoms with Gasteiger partial charge in [-0.25, -0.2) is 0 Å². The lowest BCUT2D eigenvalue weighted by Crippen LogP contribution is -2.50. The van der Waals surface area contributed by atoms with Gasteiger partial charge in [0.15, 0.2) is 6.10 Å². The number of ether oxygens (including phenoxy) is 1. The molecule has 2 rings (SSSR count). The van der Waals surface area contributed by atoms with Crippen LogP contribution in [0.4, 0.5) is 0 Å². The number of piperidine rings is 1. The topological polar surface area (TPSA) is 41.6 Å². The molecule has 0 bridgehead atoms. The molecule has 1 N–H and O–H groups in total. The minimum atomic E-state index is -0.458. The number of carbonyl (C=O) groups excluding carboxylic acids is 1. The fourth-order valence-corrected chi connectivity index (χ4v) is 3.09. The van der Waals surface area contributed by atoms with Gasteiger partial charge in [0.05, 0.1) is 0 Å². The molecule has 4 nitrogen and oxygen atoms in total. The van der Waals surface area contributed by atoms with Crippen LogP contribution in [0.3, 0.4) is 0 Å². The van der Waals surface area contributed by atoms with Crippen LogP contribution in [0.2, 0.25) is 0 Å². The number of hydrogen-bond acceptors (Lipinski definition) is 3. The van der Waals surface area contributed by atoms with Crippen molar-refractivity contribution in [3.63, 3.8) is 0 Å². The zero-order chi connectivity index (χ0) is 16.8. The van der Waals surface area contributed by atoms with Crippen molar-refractivity contribution in [3.05, 3.63) is 28.7 Å². The molecule has 1 amide bonds. The molecule has 0 unspecified atom stereocenters. The highest BCUT2D eigenvalue weighted by molar-refractivity contribution is 9.10. The molecule has 1 fully saturated rings. The molecule has 0 spiro atoms. The highest BCUT2D eigenvalue weighted by atomic mass is 79.9. The lowest BCUT2D eigenvalue weighted by molar-refractivity contribution is -0.130. The van der Waals surface area contributed by atoms with Gasteiger partial charge >= 0.3 is 0 Å².